The van der Waals surface area contributed by atoms with Crippen LogP contribution in [0.5, 0.6) is 5.75 Å². The monoisotopic (exact) mass is 586 g/mol. The number of benzene rings is 2. The molecule has 0 bridgehead atoms. The third kappa shape index (κ3) is 6.71. The lowest BCUT2D eigenvalue weighted by Gasteiger charge is -2.12. The zero-order valence-electron chi connectivity index (χ0n) is 17.2. The Bertz CT molecular complexity index is 1060. The van der Waals surface area contributed by atoms with Crippen molar-refractivity contribution < 1.29 is 14.7 Å². The maximum absolute atomic E-state index is 12.5. The number of nitrogens with zero attached hydrogens (tertiary/aromatic N) is 1. The molecule has 1 amide bonds. The first-order valence-corrected chi connectivity index (χ1v) is 11.5. The summed E-state index contributed by atoms with van der Waals surface area (Å²) >= 11 is 6.98. The largest absolute Gasteiger partial charge is 0.491 e. The molecular formula is C22H25Br2ClN4O3. The van der Waals surface area contributed by atoms with E-state index in [0.29, 0.717) is 31.9 Å². The summed E-state index contributed by atoms with van der Waals surface area (Å²) < 4.78 is 7.21. The number of para-hydroxylation sites is 1. The molecule has 0 unspecified atom stereocenters. The summed E-state index contributed by atoms with van der Waals surface area (Å²) in [5, 5.41) is 16.6. The van der Waals surface area contributed by atoms with Gasteiger partial charge in [-0.25, -0.2) is 0 Å². The highest BCUT2D eigenvalue weighted by Gasteiger charge is 2.16. The van der Waals surface area contributed by atoms with E-state index >= 15 is 0 Å². The van der Waals surface area contributed by atoms with Crippen LogP contribution in [0.3, 0.4) is 0 Å². The van der Waals surface area contributed by atoms with Crippen LogP contribution in [-0.2, 0) is 17.6 Å². The fourth-order valence-corrected chi connectivity index (χ4v) is 4.73. The number of hydrogen-bond donors (Lipinski definition) is 4. The number of nitrogens with one attached hydrogen (secondary N) is 2. The minimum atomic E-state index is -0.405. The van der Waals surface area contributed by atoms with Crippen molar-refractivity contribution in [1.29, 1.82) is 0 Å². The van der Waals surface area contributed by atoms with Gasteiger partial charge in [-0.3, -0.25) is 4.79 Å². The first kappa shape index (κ1) is 26.2. The minimum Gasteiger partial charge on any atom is -0.491 e. The zero-order valence-corrected chi connectivity index (χ0v) is 21.2. The van der Waals surface area contributed by atoms with Gasteiger partial charge in [-0.15, -0.1) is 12.4 Å². The van der Waals surface area contributed by atoms with E-state index in [1.54, 1.807) is 0 Å². The highest BCUT2D eigenvalue weighted by molar-refractivity contribution is 9.11. The van der Waals surface area contributed by atoms with Gasteiger partial charge in [-0.1, -0.05) is 23.4 Å². The lowest BCUT2D eigenvalue weighted by Crippen LogP contribution is -2.33. The molecular weight excluding hydrogens is 564 g/mol. The van der Waals surface area contributed by atoms with E-state index in [2.05, 4.69) is 47.3 Å². The van der Waals surface area contributed by atoms with Crippen molar-refractivity contribution >= 4 is 66.8 Å². The number of aromatic amines is 1. The lowest BCUT2D eigenvalue weighted by atomic mass is 10.1. The Labute approximate surface area is 209 Å². The molecule has 0 spiro atoms. The van der Waals surface area contributed by atoms with Crippen LogP contribution in [0.2, 0.25) is 0 Å². The van der Waals surface area contributed by atoms with Crippen molar-refractivity contribution in [2.75, 3.05) is 19.7 Å². The molecule has 0 atom stereocenters. The summed E-state index contributed by atoms with van der Waals surface area (Å²) in [6, 6.07) is 11.7. The van der Waals surface area contributed by atoms with Crippen molar-refractivity contribution in [3.63, 3.8) is 0 Å². The number of aromatic nitrogens is 1. The Morgan fingerprint density at radius 3 is 2.62 bits per heavy atom. The molecule has 0 fully saturated rings. The van der Waals surface area contributed by atoms with Crippen LogP contribution in [0.15, 0.2) is 56.7 Å². The Morgan fingerprint density at radius 2 is 1.94 bits per heavy atom. The zero-order chi connectivity index (χ0) is 22.2. The van der Waals surface area contributed by atoms with Gasteiger partial charge in [0, 0.05) is 30.1 Å². The molecule has 3 rings (SSSR count). The van der Waals surface area contributed by atoms with Gasteiger partial charge in [0.1, 0.15) is 11.5 Å². The quantitative estimate of drug-likeness (QED) is 0.120. The van der Waals surface area contributed by atoms with E-state index in [1.807, 2.05) is 42.6 Å². The number of rotatable bonds is 10. The van der Waals surface area contributed by atoms with Gasteiger partial charge >= 0.3 is 0 Å². The second-order valence-electron chi connectivity index (χ2n) is 6.97. The number of oxime groups is 1. The number of halogens is 3. The molecule has 0 saturated heterocycles. The molecule has 0 aliphatic rings. The third-order valence-corrected chi connectivity index (χ3v) is 5.94. The van der Waals surface area contributed by atoms with E-state index in [-0.39, 0.29) is 24.5 Å². The predicted octanol–water partition coefficient (Wildman–Crippen LogP) is 4.57. The number of H-pyrrole nitrogens is 1. The van der Waals surface area contributed by atoms with E-state index < -0.39 is 5.91 Å². The highest BCUT2D eigenvalue weighted by atomic mass is 79.9. The van der Waals surface area contributed by atoms with E-state index in [4.69, 9.17) is 10.5 Å². The van der Waals surface area contributed by atoms with Crippen LogP contribution < -0.4 is 15.8 Å². The van der Waals surface area contributed by atoms with Gasteiger partial charge < -0.3 is 26.0 Å². The van der Waals surface area contributed by atoms with Crippen molar-refractivity contribution in [2.45, 2.75) is 19.3 Å². The standard InChI is InChI=1S/C22H24Br2N4O3.ClH/c23-17-10-14(11-18(24)21(17)31-9-3-7-25)12-20(28-30)22(29)26-8-6-15-13-27-19-5-2-1-4-16(15)19;/h1-2,4-5,10-11,13,27,30H,3,6-9,12,25H2,(H,26,29);1H/b28-20-;. The predicted molar refractivity (Wildman–Crippen MR) is 136 cm³/mol. The second kappa shape index (κ2) is 12.8. The summed E-state index contributed by atoms with van der Waals surface area (Å²) in [7, 11) is 0. The first-order chi connectivity index (χ1) is 15.0. The molecule has 0 aliphatic carbocycles. The molecule has 172 valence electrons. The van der Waals surface area contributed by atoms with Gasteiger partial charge in [-0.05, 0) is 80.6 Å². The van der Waals surface area contributed by atoms with Gasteiger partial charge in [0.05, 0.1) is 15.6 Å². The van der Waals surface area contributed by atoms with Crippen LogP contribution in [0.1, 0.15) is 17.5 Å². The number of fused-ring (bicyclic) bond motifs is 1. The maximum atomic E-state index is 12.5. The number of nitrogens with two attached hydrogens (primary N) is 1. The Hall–Kier alpha value is -2.07. The average molecular weight is 589 g/mol. The molecule has 1 heterocycles. The lowest BCUT2D eigenvalue weighted by molar-refractivity contribution is -0.115. The Balaban J connectivity index is 0.00000363. The number of hydrogen-bond acceptors (Lipinski definition) is 5. The fraction of sp³-hybridized carbons (Fsp3) is 0.273. The van der Waals surface area contributed by atoms with Crippen LogP contribution in [0.25, 0.3) is 10.9 Å². The summed E-state index contributed by atoms with van der Waals surface area (Å²) in [4.78, 5) is 15.7. The van der Waals surface area contributed by atoms with Gasteiger partial charge in [0.15, 0.2) is 0 Å². The summed E-state index contributed by atoms with van der Waals surface area (Å²) in [5.74, 6) is 0.265. The molecule has 3 aromatic rings. The van der Waals surface area contributed by atoms with E-state index in [9.17, 15) is 10.0 Å². The van der Waals surface area contributed by atoms with Gasteiger partial charge in [0.25, 0.3) is 5.91 Å². The maximum Gasteiger partial charge on any atom is 0.269 e. The number of ether oxygens (including phenoxy) is 1. The molecule has 7 nitrogen and oxygen atoms in total. The minimum absolute atomic E-state index is 0. The SMILES string of the molecule is Cl.NCCCOc1c(Br)cc(C/C(=N/O)C(=O)NCCc2c[nH]c3ccccc23)cc1Br. The molecule has 0 radical (unpaired) electrons. The summed E-state index contributed by atoms with van der Waals surface area (Å²) in [5.41, 5.74) is 8.52. The van der Waals surface area contributed by atoms with Crippen LogP contribution in [-0.4, -0.2) is 41.5 Å². The molecule has 1 aromatic heterocycles. The number of carbonyl (C=O) groups is 1. The summed E-state index contributed by atoms with van der Waals surface area (Å²) in [6.45, 7) is 1.50. The number of carbonyl (C=O) groups excluding carboxylic acids is 1. The molecule has 10 heteroatoms. The fourth-order valence-electron chi connectivity index (χ4n) is 3.22. The van der Waals surface area contributed by atoms with Crippen molar-refractivity contribution in [3.05, 3.63) is 62.7 Å². The van der Waals surface area contributed by atoms with Gasteiger partial charge in [0.2, 0.25) is 0 Å². The van der Waals surface area contributed by atoms with Crippen LogP contribution in [0.4, 0.5) is 0 Å². The van der Waals surface area contributed by atoms with E-state index in [0.717, 1.165) is 37.4 Å². The Kier molecular flexibility index (Phi) is 10.5. The number of amides is 1. The molecule has 32 heavy (non-hydrogen) atoms. The summed E-state index contributed by atoms with van der Waals surface area (Å²) in [6.07, 6.45) is 3.54. The highest BCUT2D eigenvalue weighted by Crippen LogP contribution is 2.35. The third-order valence-electron chi connectivity index (χ3n) is 4.76. The van der Waals surface area contributed by atoms with Crippen LogP contribution >= 0.6 is 44.3 Å². The van der Waals surface area contributed by atoms with Crippen molar-refractivity contribution in [3.8, 4) is 5.75 Å². The molecule has 0 saturated carbocycles. The van der Waals surface area contributed by atoms with Crippen molar-refractivity contribution in [2.24, 2.45) is 10.9 Å². The van der Waals surface area contributed by atoms with E-state index in [1.165, 1.54) is 0 Å². The topological polar surface area (TPSA) is 113 Å². The van der Waals surface area contributed by atoms with Crippen LogP contribution in [0, 0.1) is 0 Å². The van der Waals surface area contributed by atoms with Gasteiger partial charge in [-0.2, -0.15) is 0 Å². The van der Waals surface area contributed by atoms with Crippen molar-refractivity contribution in [1.82, 2.24) is 10.3 Å². The Morgan fingerprint density at radius 1 is 1.22 bits per heavy atom. The first-order valence-electron chi connectivity index (χ1n) is 9.88. The normalized spacial score (nSPS) is 11.3. The smallest absolute Gasteiger partial charge is 0.269 e. The second-order valence-corrected chi connectivity index (χ2v) is 8.68. The molecule has 2 aromatic carbocycles. The molecule has 5 N–H and O–H groups in total. The average Bonchev–Trinajstić information content (AvgIpc) is 3.17. The molecule has 0 aliphatic heterocycles.